The van der Waals surface area contributed by atoms with Gasteiger partial charge in [-0.25, -0.2) is 4.79 Å². The number of Topliss-reactive ketones (excluding diaryl/α,β-unsaturated/α-hetero) is 1. The summed E-state index contributed by atoms with van der Waals surface area (Å²) in [6.07, 6.45) is 4.98. The highest BCUT2D eigenvalue weighted by molar-refractivity contribution is 5.93. The molecule has 6 nitrogen and oxygen atoms in total. The van der Waals surface area contributed by atoms with Gasteiger partial charge in [-0.05, 0) is 25.0 Å². The molecule has 0 aromatic carbocycles. The van der Waals surface area contributed by atoms with Crippen LogP contribution in [0.5, 0.6) is 0 Å². The Morgan fingerprint density at radius 3 is 2.84 bits per heavy atom. The fourth-order valence-corrected chi connectivity index (χ4v) is 1.75. The first-order valence-corrected chi connectivity index (χ1v) is 5.82. The van der Waals surface area contributed by atoms with E-state index in [9.17, 15) is 14.4 Å². The predicted octanol–water partition coefficient (Wildman–Crippen LogP) is 0.377. The van der Waals surface area contributed by atoms with Crippen LogP contribution in [0.15, 0.2) is 40.3 Å². The van der Waals surface area contributed by atoms with Gasteiger partial charge in [0.15, 0.2) is 5.78 Å². The highest BCUT2D eigenvalue weighted by Crippen LogP contribution is 1.97. The van der Waals surface area contributed by atoms with Gasteiger partial charge in [-0.15, -0.1) is 0 Å². The molecule has 98 valence electrons. The molecule has 2 heterocycles. The third-order valence-electron chi connectivity index (χ3n) is 2.79. The molecule has 0 atom stereocenters. The molecule has 2 aromatic heterocycles. The van der Waals surface area contributed by atoms with Crippen molar-refractivity contribution in [3.8, 4) is 0 Å². The number of rotatable bonds is 4. The van der Waals surface area contributed by atoms with E-state index in [-0.39, 0.29) is 17.9 Å². The number of pyridine rings is 1. The maximum atomic E-state index is 12.0. The minimum Gasteiger partial charge on any atom is -0.313 e. The molecular formula is C13H13N3O3. The number of aromatic amines is 1. The molecule has 2 aromatic rings. The van der Waals surface area contributed by atoms with E-state index in [1.165, 1.54) is 6.92 Å². The van der Waals surface area contributed by atoms with Crippen LogP contribution in [-0.2, 0) is 13.0 Å². The molecular weight excluding hydrogens is 246 g/mol. The normalized spacial score (nSPS) is 10.4. The molecule has 0 aliphatic carbocycles. The minimum atomic E-state index is -0.555. The number of aromatic nitrogens is 3. The summed E-state index contributed by atoms with van der Waals surface area (Å²) in [4.78, 5) is 41.2. The van der Waals surface area contributed by atoms with Gasteiger partial charge in [-0.1, -0.05) is 6.07 Å². The summed E-state index contributed by atoms with van der Waals surface area (Å²) in [5, 5.41) is 0. The van der Waals surface area contributed by atoms with E-state index in [1.54, 1.807) is 18.5 Å². The maximum Gasteiger partial charge on any atom is 0.328 e. The fourth-order valence-electron chi connectivity index (χ4n) is 1.75. The monoisotopic (exact) mass is 259 g/mol. The quantitative estimate of drug-likeness (QED) is 0.804. The van der Waals surface area contributed by atoms with Crippen LogP contribution in [0.3, 0.4) is 0 Å². The average molecular weight is 259 g/mol. The standard InChI is InChI=1S/C13H13N3O3/c1-9(17)11-8-15-13(19)16(12(11)18)6-4-10-3-2-5-14-7-10/h2-3,5,7-8H,4,6H2,1H3,(H,15,19). The molecule has 0 saturated heterocycles. The van der Waals surface area contributed by atoms with Crippen LogP contribution in [0.2, 0.25) is 0 Å². The zero-order chi connectivity index (χ0) is 13.8. The zero-order valence-electron chi connectivity index (χ0n) is 10.4. The first-order valence-electron chi connectivity index (χ1n) is 5.82. The van der Waals surface area contributed by atoms with Crippen molar-refractivity contribution in [2.45, 2.75) is 19.9 Å². The van der Waals surface area contributed by atoms with Gasteiger partial charge in [-0.3, -0.25) is 19.1 Å². The molecule has 0 aliphatic heterocycles. The van der Waals surface area contributed by atoms with Gasteiger partial charge in [0.05, 0.1) is 5.56 Å². The Bertz CT molecular complexity index is 701. The number of nitrogens with one attached hydrogen (secondary N) is 1. The van der Waals surface area contributed by atoms with Crippen molar-refractivity contribution in [2.24, 2.45) is 0 Å². The molecule has 0 saturated carbocycles. The number of hydrogen-bond donors (Lipinski definition) is 1. The van der Waals surface area contributed by atoms with Crippen LogP contribution in [0.1, 0.15) is 22.8 Å². The number of carbonyl (C=O) groups excluding carboxylic acids is 1. The number of H-pyrrole nitrogens is 1. The van der Waals surface area contributed by atoms with E-state index >= 15 is 0 Å². The number of ketones is 1. The Hall–Kier alpha value is -2.50. The van der Waals surface area contributed by atoms with E-state index in [4.69, 9.17) is 0 Å². The van der Waals surface area contributed by atoms with Crippen molar-refractivity contribution in [1.82, 2.24) is 14.5 Å². The largest absolute Gasteiger partial charge is 0.328 e. The second-order valence-electron chi connectivity index (χ2n) is 4.13. The second-order valence-corrected chi connectivity index (χ2v) is 4.13. The van der Waals surface area contributed by atoms with Crippen LogP contribution in [-0.4, -0.2) is 20.3 Å². The van der Waals surface area contributed by atoms with Gasteiger partial charge in [-0.2, -0.15) is 0 Å². The molecule has 0 radical (unpaired) electrons. The van der Waals surface area contributed by atoms with Crippen LogP contribution in [0.25, 0.3) is 0 Å². The van der Waals surface area contributed by atoms with Crippen LogP contribution >= 0.6 is 0 Å². The van der Waals surface area contributed by atoms with Gasteiger partial charge < -0.3 is 4.98 Å². The van der Waals surface area contributed by atoms with Crippen molar-refractivity contribution in [3.05, 3.63) is 62.7 Å². The van der Waals surface area contributed by atoms with Gasteiger partial charge in [0.25, 0.3) is 5.56 Å². The third kappa shape index (κ3) is 2.85. The van der Waals surface area contributed by atoms with E-state index in [1.807, 2.05) is 6.07 Å². The molecule has 0 spiro atoms. The third-order valence-corrected chi connectivity index (χ3v) is 2.79. The lowest BCUT2D eigenvalue weighted by molar-refractivity contribution is 0.101. The summed E-state index contributed by atoms with van der Waals surface area (Å²) >= 11 is 0. The Morgan fingerprint density at radius 1 is 1.42 bits per heavy atom. The van der Waals surface area contributed by atoms with Crippen molar-refractivity contribution in [2.75, 3.05) is 0 Å². The van der Waals surface area contributed by atoms with E-state index < -0.39 is 11.2 Å². The van der Waals surface area contributed by atoms with Gasteiger partial charge in [0, 0.05) is 25.1 Å². The molecule has 0 unspecified atom stereocenters. The van der Waals surface area contributed by atoms with Crippen molar-refractivity contribution >= 4 is 5.78 Å². The van der Waals surface area contributed by atoms with Gasteiger partial charge >= 0.3 is 5.69 Å². The summed E-state index contributed by atoms with van der Waals surface area (Å²) in [5.41, 5.74) is -0.160. The van der Waals surface area contributed by atoms with Crippen LogP contribution in [0.4, 0.5) is 0 Å². The number of aryl methyl sites for hydroxylation is 1. The van der Waals surface area contributed by atoms with Crippen LogP contribution < -0.4 is 11.2 Å². The van der Waals surface area contributed by atoms with Crippen molar-refractivity contribution < 1.29 is 4.79 Å². The topological polar surface area (TPSA) is 84.8 Å². The Labute approximate surface area is 108 Å². The SMILES string of the molecule is CC(=O)c1c[nH]c(=O)n(CCc2cccnc2)c1=O. The van der Waals surface area contributed by atoms with E-state index in [2.05, 4.69) is 9.97 Å². The van der Waals surface area contributed by atoms with E-state index in [0.29, 0.717) is 6.42 Å². The summed E-state index contributed by atoms with van der Waals surface area (Å²) in [5.74, 6) is -0.364. The lowest BCUT2D eigenvalue weighted by Crippen LogP contribution is -2.38. The minimum absolute atomic E-state index is 0.00853. The van der Waals surface area contributed by atoms with Crippen LogP contribution in [0, 0.1) is 0 Å². The van der Waals surface area contributed by atoms with Gasteiger partial charge in [0.1, 0.15) is 0 Å². The summed E-state index contributed by atoms with van der Waals surface area (Å²) in [6.45, 7) is 1.50. The summed E-state index contributed by atoms with van der Waals surface area (Å²) < 4.78 is 1.03. The molecule has 0 fully saturated rings. The Balaban J connectivity index is 2.30. The first-order chi connectivity index (χ1) is 9.09. The molecule has 1 N–H and O–H groups in total. The Morgan fingerprint density at radius 2 is 2.21 bits per heavy atom. The predicted molar refractivity (Wildman–Crippen MR) is 69.3 cm³/mol. The molecule has 0 aliphatic rings. The second kappa shape index (κ2) is 5.43. The zero-order valence-corrected chi connectivity index (χ0v) is 10.4. The number of hydrogen-bond acceptors (Lipinski definition) is 4. The molecule has 6 heteroatoms. The van der Waals surface area contributed by atoms with E-state index in [0.717, 1.165) is 16.3 Å². The van der Waals surface area contributed by atoms with Crippen molar-refractivity contribution in [1.29, 1.82) is 0 Å². The maximum absolute atomic E-state index is 12.0. The molecule has 19 heavy (non-hydrogen) atoms. The fraction of sp³-hybridized carbons (Fsp3) is 0.231. The lowest BCUT2D eigenvalue weighted by Gasteiger charge is -2.05. The molecule has 0 amide bonds. The first kappa shape index (κ1) is 12.9. The lowest BCUT2D eigenvalue weighted by atomic mass is 10.2. The van der Waals surface area contributed by atoms with Crippen molar-refractivity contribution in [3.63, 3.8) is 0 Å². The highest BCUT2D eigenvalue weighted by Gasteiger charge is 2.10. The summed E-state index contributed by atoms with van der Waals surface area (Å²) in [6, 6.07) is 3.65. The van der Waals surface area contributed by atoms with Gasteiger partial charge in [0.2, 0.25) is 0 Å². The molecule has 2 rings (SSSR count). The average Bonchev–Trinajstić information content (AvgIpc) is 2.39. The summed E-state index contributed by atoms with van der Waals surface area (Å²) in [7, 11) is 0. The number of nitrogens with zero attached hydrogens (tertiary/aromatic N) is 2. The molecule has 0 bridgehead atoms. The highest BCUT2D eigenvalue weighted by atomic mass is 16.2. The Kier molecular flexibility index (Phi) is 3.70. The smallest absolute Gasteiger partial charge is 0.313 e. The number of carbonyl (C=O) groups is 1.